The smallest absolute Gasteiger partial charge is 0.305 e. The number of amides is 1. The van der Waals surface area contributed by atoms with Gasteiger partial charge < -0.3 is 19.3 Å². The Morgan fingerprint density at radius 3 is 2.75 bits per heavy atom. The van der Waals surface area contributed by atoms with E-state index in [9.17, 15) is 9.59 Å². The molecule has 126 valence electrons. The van der Waals surface area contributed by atoms with Crippen LogP contribution in [-0.4, -0.2) is 52.3 Å². The van der Waals surface area contributed by atoms with Gasteiger partial charge in [-0.1, -0.05) is 11.6 Å². The molecule has 7 heteroatoms. The Morgan fingerprint density at radius 2 is 2.04 bits per heavy atom. The number of hydrogen-bond donors (Lipinski definition) is 1. The lowest BCUT2D eigenvalue weighted by Gasteiger charge is -2.35. The number of hydrogen-bond acceptors (Lipinski definition) is 3. The van der Waals surface area contributed by atoms with Gasteiger partial charge in [0.25, 0.3) is 5.91 Å². The number of carboxylic acid groups (broad SMARTS) is 1. The molecule has 1 fully saturated rings. The Kier molecular flexibility index (Phi) is 4.87. The van der Waals surface area contributed by atoms with Crippen LogP contribution >= 0.6 is 11.6 Å². The van der Waals surface area contributed by atoms with Crippen LogP contribution in [0.1, 0.15) is 16.8 Å². The van der Waals surface area contributed by atoms with Crippen LogP contribution < -0.4 is 0 Å². The Balaban J connectivity index is 1.89. The summed E-state index contributed by atoms with van der Waals surface area (Å²) in [6.45, 7) is 1.01. The highest BCUT2D eigenvalue weighted by Crippen LogP contribution is 2.24. The number of benzene rings is 1. The van der Waals surface area contributed by atoms with Crippen molar-refractivity contribution in [3.63, 3.8) is 0 Å². The summed E-state index contributed by atoms with van der Waals surface area (Å²) in [4.78, 5) is 25.4. The molecular weight excluding hydrogens is 332 g/mol. The van der Waals surface area contributed by atoms with Crippen LogP contribution in [0.15, 0.2) is 42.7 Å². The van der Waals surface area contributed by atoms with Crippen LogP contribution in [0.5, 0.6) is 0 Å². The SMILES string of the molecule is O=C(O)C[C@H]1COCCN1C(=O)c1ccc(Cl)c(-n2cccc2)c1. The average Bonchev–Trinajstić information content (AvgIpc) is 3.09. The molecule has 1 aromatic carbocycles. The maximum absolute atomic E-state index is 12.8. The van der Waals surface area contributed by atoms with Gasteiger partial charge in [0.15, 0.2) is 0 Å². The number of ether oxygens (including phenoxy) is 1. The van der Waals surface area contributed by atoms with E-state index in [4.69, 9.17) is 21.4 Å². The predicted octanol–water partition coefficient (Wildman–Crippen LogP) is 2.45. The molecular formula is C17H17ClN2O4. The summed E-state index contributed by atoms with van der Waals surface area (Å²) in [5, 5.41) is 9.56. The molecule has 1 aliphatic rings. The fourth-order valence-corrected chi connectivity index (χ4v) is 3.01. The predicted molar refractivity (Wildman–Crippen MR) is 88.7 cm³/mol. The minimum atomic E-state index is -0.951. The number of nitrogens with zero attached hydrogens (tertiary/aromatic N) is 2. The van der Waals surface area contributed by atoms with Crippen molar-refractivity contribution < 1.29 is 19.4 Å². The monoisotopic (exact) mass is 348 g/mol. The van der Waals surface area contributed by atoms with Crippen molar-refractivity contribution in [3.8, 4) is 5.69 Å². The topological polar surface area (TPSA) is 71.8 Å². The maximum atomic E-state index is 12.8. The number of halogens is 1. The molecule has 0 unspecified atom stereocenters. The first-order valence-electron chi connectivity index (χ1n) is 7.59. The Bertz CT molecular complexity index is 745. The second-order valence-corrected chi connectivity index (χ2v) is 5.99. The van der Waals surface area contributed by atoms with E-state index < -0.39 is 12.0 Å². The summed E-state index contributed by atoms with van der Waals surface area (Å²) in [6, 6.07) is 8.33. The summed E-state index contributed by atoms with van der Waals surface area (Å²) in [5.74, 6) is -1.16. The highest BCUT2D eigenvalue weighted by atomic mass is 35.5. The maximum Gasteiger partial charge on any atom is 0.305 e. The van der Waals surface area contributed by atoms with Crippen LogP contribution in [0.25, 0.3) is 5.69 Å². The van der Waals surface area contributed by atoms with E-state index in [0.717, 1.165) is 0 Å². The zero-order chi connectivity index (χ0) is 17.1. The van der Waals surface area contributed by atoms with Gasteiger partial charge in [0.1, 0.15) is 0 Å². The normalized spacial score (nSPS) is 17.7. The van der Waals surface area contributed by atoms with Crippen LogP contribution in [-0.2, 0) is 9.53 Å². The molecule has 0 bridgehead atoms. The van der Waals surface area contributed by atoms with Gasteiger partial charge in [0.2, 0.25) is 0 Å². The van der Waals surface area contributed by atoms with Gasteiger partial charge >= 0.3 is 5.97 Å². The second-order valence-electron chi connectivity index (χ2n) is 5.58. The van der Waals surface area contributed by atoms with Crippen molar-refractivity contribution in [2.75, 3.05) is 19.8 Å². The van der Waals surface area contributed by atoms with Gasteiger partial charge in [0.05, 0.1) is 36.4 Å². The van der Waals surface area contributed by atoms with Crippen LogP contribution in [0, 0.1) is 0 Å². The molecule has 6 nitrogen and oxygen atoms in total. The standard InChI is InChI=1S/C17H17ClN2O4/c18-14-4-3-12(9-15(14)19-5-1-2-6-19)17(23)20-7-8-24-11-13(20)10-16(21)22/h1-6,9,13H,7-8,10-11H2,(H,21,22)/t13-/m0/s1. The largest absolute Gasteiger partial charge is 0.481 e. The first kappa shape index (κ1) is 16.5. The third-order valence-corrected chi connectivity index (χ3v) is 4.29. The lowest BCUT2D eigenvalue weighted by atomic mass is 10.1. The van der Waals surface area contributed by atoms with Crippen molar-refractivity contribution in [2.24, 2.45) is 0 Å². The van der Waals surface area contributed by atoms with E-state index in [-0.39, 0.29) is 18.9 Å². The number of rotatable bonds is 4. The molecule has 2 heterocycles. The quantitative estimate of drug-likeness (QED) is 0.921. The number of aromatic nitrogens is 1. The molecule has 24 heavy (non-hydrogen) atoms. The van der Waals surface area contributed by atoms with Gasteiger partial charge in [-0.05, 0) is 30.3 Å². The van der Waals surface area contributed by atoms with Crippen molar-refractivity contribution in [1.29, 1.82) is 0 Å². The molecule has 1 aliphatic heterocycles. The molecule has 1 saturated heterocycles. The highest BCUT2D eigenvalue weighted by molar-refractivity contribution is 6.32. The van der Waals surface area contributed by atoms with E-state index >= 15 is 0 Å². The summed E-state index contributed by atoms with van der Waals surface area (Å²) in [6.07, 6.45) is 3.55. The first-order valence-corrected chi connectivity index (χ1v) is 7.97. The van der Waals surface area contributed by atoms with Crippen molar-refractivity contribution in [3.05, 3.63) is 53.3 Å². The summed E-state index contributed by atoms with van der Waals surface area (Å²) in [5.41, 5.74) is 1.18. The molecule has 1 aromatic heterocycles. The minimum Gasteiger partial charge on any atom is -0.481 e. The molecule has 2 aromatic rings. The Morgan fingerprint density at radius 1 is 1.29 bits per heavy atom. The number of morpholine rings is 1. The minimum absolute atomic E-state index is 0.135. The molecule has 1 N–H and O–H groups in total. The summed E-state index contributed by atoms with van der Waals surface area (Å²) in [7, 11) is 0. The molecule has 0 spiro atoms. The fraction of sp³-hybridized carbons (Fsp3) is 0.294. The average molecular weight is 349 g/mol. The number of carbonyl (C=O) groups is 2. The third-order valence-electron chi connectivity index (χ3n) is 3.97. The molecule has 1 atom stereocenters. The lowest BCUT2D eigenvalue weighted by Crippen LogP contribution is -2.49. The van der Waals surface area contributed by atoms with Gasteiger partial charge in [-0.3, -0.25) is 9.59 Å². The highest BCUT2D eigenvalue weighted by Gasteiger charge is 2.30. The van der Waals surface area contributed by atoms with E-state index in [0.29, 0.717) is 29.4 Å². The first-order chi connectivity index (χ1) is 11.6. The summed E-state index contributed by atoms with van der Waals surface area (Å²) < 4.78 is 7.15. The van der Waals surface area contributed by atoms with Gasteiger partial charge in [-0.2, -0.15) is 0 Å². The second kappa shape index (κ2) is 7.07. The zero-order valence-corrected chi connectivity index (χ0v) is 13.6. The summed E-state index contributed by atoms with van der Waals surface area (Å²) >= 11 is 6.23. The van der Waals surface area contributed by atoms with Gasteiger partial charge in [-0.15, -0.1) is 0 Å². The van der Waals surface area contributed by atoms with Crippen molar-refractivity contribution in [1.82, 2.24) is 9.47 Å². The van der Waals surface area contributed by atoms with E-state index in [1.807, 2.05) is 29.1 Å². The third kappa shape index (κ3) is 3.44. The van der Waals surface area contributed by atoms with E-state index in [1.165, 1.54) is 0 Å². The van der Waals surface area contributed by atoms with Gasteiger partial charge in [0, 0.05) is 24.5 Å². The van der Waals surface area contributed by atoms with Crippen molar-refractivity contribution >= 4 is 23.5 Å². The number of carbonyl (C=O) groups excluding carboxylic acids is 1. The van der Waals surface area contributed by atoms with E-state index in [1.54, 1.807) is 23.1 Å². The van der Waals surface area contributed by atoms with E-state index in [2.05, 4.69) is 0 Å². The number of carboxylic acids is 1. The molecule has 3 rings (SSSR count). The molecule has 0 aliphatic carbocycles. The lowest BCUT2D eigenvalue weighted by molar-refractivity contribution is -0.139. The van der Waals surface area contributed by atoms with Crippen LogP contribution in [0.2, 0.25) is 5.02 Å². The van der Waals surface area contributed by atoms with Crippen molar-refractivity contribution in [2.45, 2.75) is 12.5 Å². The van der Waals surface area contributed by atoms with Crippen LogP contribution in [0.3, 0.4) is 0 Å². The Labute approximate surface area is 144 Å². The number of aliphatic carboxylic acids is 1. The molecule has 1 amide bonds. The van der Waals surface area contributed by atoms with Crippen LogP contribution in [0.4, 0.5) is 0 Å². The Hall–Kier alpha value is -2.31. The molecule has 0 saturated carbocycles. The molecule has 0 radical (unpaired) electrons. The fourth-order valence-electron chi connectivity index (χ4n) is 2.80. The zero-order valence-electron chi connectivity index (χ0n) is 12.9. The van der Waals surface area contributed by atoms with Gasteiger partial charge in [-0.25, -0.2) is 0 Å².